The van der Waals surface area contributed by atoms with Crippen molar-refractivity contribution in [2.45, 2.75) is 32.3 Å². The number of ether oxygens (including phenoxy) is 2. The molecule has 2 aromatic rings. The lowest BCUT2D eigenvalue weighted by molar-refractivity contribution is 0.170. The third-order valence-corrected chi connectivity index (χ3v) is 4.72. The number of allylic oxidation sites excluding steroid dienone is 1. The molecule has 0 saturated heterocycles. The van der Waals surface area contributed by atoms with E-state index in [1.165, 1.54) is 6.07 Å². The predicted molar refractivity (Wildman–Crippen MR) is 99.0 cm³/mol. The molecule has 26 heavy (non-hydrogen) atoms. The van der Waals surface area contributed by atoms with Gasteiger partial charge in [-0.3, -0.25) is 0 Å². The van der Waals surface area contributed by atoms with Crippen LogP contribution in [0.3, 0.4) is 0 Å². The van der Waals surface area contributed by atoms with Gasteiger partial charge < -0.3 is 24.8 Å². The van der Waals surface area contributed by atoms with Gasteiger partial charge in [0.05, 0.1) is 13.7 Å². The maximum atomic E-state index is 10.2. The van der Waals surface area contributed by atoms with Gasteiger partial charge >= 0.3 is 0 Å². The number of methoxy groups -OCH3 is 1. The summed E-state index contributed by atoms with van der Waals surface area (Å²) >= 11 is 0. The highest BCUT2D eigenvalue weighted by molar-refractivity contribution is 5.53. The molecule has 0 saturated carbocycles. The average Bonchev–Trinajstić information content (AvgIpc) is 2.65. The molecule has 1 aliphatic heterocycles. The standard InChI is InChI=1S/C21H24O5/c1-13(12-22)3-7-17-19(25-2)9-4-14-5-10-20(26-21(14)17)16-8-6-15(23)11-18(16)24/h3-4,6,8-9,11,20,22-24H,5,7,10,12H2,1-2H3/b13-3+/t20-/m0/s1. The third-order valence-electron chi connectivity index (χ3n) is 4.72. The fourth-order valence-electron chi connectivity index (χ4n) is 3.24. The van der Waals surface area contributed by atoms with Gasteiger partial charge in [-0.2, -0.15) is 0 Å². The summed E-state index contributed by atoms with van der Waals surface area (Å²) in [4.78, 5) is 0. The predicted octanol–water partition coefficient (Wildman–Crippen LogP) is 3.65. The molecule has 138 valence electrons. The van der Waals surface area contributed by atoms with Crippen molar-refractivity contribution in [1.82, 2.24) is 0 Å². The highest BCUT2D eigenvalue weighted by Crippen LogP contribution is 2.43. The second-order valence-electron chi connectivity index (χ2n) is 6.54. The molecule has 0 amide bonds. The van der Waals surface area contributed by atoms with E-state index < -0.39 is 0 Å². The van der Waals surface area contributed by atoms with Crippen LogP contribution >= 0.6 is 0 Å². The lowest BCUT2D eigenvalue weighted by atomic mass is 9.93. The van der Waals surface area contributed by atoms with Crippen LogP contribution < -0.4 is 9.47 Å². The van der Waals surface area contributed by atoms with Crippen molar-refractivity contribution in [3.05, 3.63) is 58.7 Å². The van der Waals surface area contributed by atoms with E-state index in [4.69, 9.17) is 9.47 Å². The molecule has 1 atom stereocenters. The van der Waals surface area contributed by atoms with E-state index in [2.05, 4.69) is 0 Å². The molecule has 1 heterocycles. The first-order valence-electron chi connectivity index (χ1n) is 8.67. The van der Waals surface area contributed by atoms with Gasteiger partial charge in [0, 0.05) is 17.2 Å². The SMILES string of the molecule is COc1ccc2c(c1C/C=C(\C)CO)O[C@H](c1ccc(O)cc1O)CC2. The summed E-state index contributed by atoms with van der Waals surface area (Å²) < 4.78 is 11.8. The largest absolute Gasteiger partial charge is 0.508 e. The van der Waals surface area contributed by atoms with Gasteiger partial charge in [0.2, 0.25) is 0 Å². The Morgan fingerprint density at radius 1 is 1.27 bits per heavy atom. The summed E-state index contributed by atoms with van der Waals surface area (Å²) in [6, 6.07) is 8.52. The first-order valence-corrected chi connectivity index (χ1v) is 8.67. The Labute approximate surface area is 153 Å². The Morgan fingerprint density at radius 3 is 2.77 bits per heavy atom. The number of benzene rings is 2. The number of aromatic hydroxyl groups is 2. The van der Waals surface area contributed by atoms with Crippen molar-refractivity contribution in [2.24, 2.45) is 0 Å². The molecule has 0 bridgehead atoms. The molecule has 3 rings (SSSR count). The molecule has 5 heteroatoms. The normalized spacial score (nSPS) is 16.7. The highest BCUT2D eigenvalue weighted by atomic mass is 16.5. The Balaban J connectivity index is 1.97. The van der Waals surface area contributed by atoms with Crippen LogP contribution in [0.15, 0.2) is 42.0 Å². The van der Waals surface area contributed by atoms with Gasteiger partial charge in [-0.25, -0.2) is 0 Å². The smallest absolute Gasteiger partial charge is 0.130 e. The number of hydrogen-bond donors (Lipinski definition) is 3. The number of aliphatic hydroxyl groups excluding tert-OH is 1. The van der Waals surface area contributed by atoms with Gasteiger partial charge in [0.25, 0.3) is 0 Å². The number of phenols is 2. The number of rotatable bonds is 5. The van der Waals surface area contributed by atoms with Crippen molar-refractivity contribution >= 4 is 0 Å². The number of phenolic OH excluding ortho intramolecular Hbond substituents is 2. The monoisotopic (exact) mass is 356 g/mol. The number of fused-ring (bicyclic) bond motifs is 1. The minimum atomic E-state index is -0.295. The molecular formula is C21H24O5. The van der Waals surface area contributed by atoms with Crippen LogP contribution in [-0.2, 0) is 12.8 Å². The van der Waals surface area contributed by atoms with E-state index in [-0.39, 0.29) is 24.2 Å². The lowest BCUT2D eigenvalue weighted by Crippen LogP contribution is -2.17. The van der Waals surface area contributed by atoms with E-state index in [1.807, 2.05) is 25.1 Å². The Morgan fingerprint density at radius 2 is 2.08 bits per heavy atom. The number of hydrogen-bond acceptors (Lipinski definition) is 5. The summed E-state index contributed by atoms with van der Waals surface area (Å²) in [5.74, 6) is 1.56. The number of aryl methyl sites for hydroxylation is 1. The summed E-state index contributed by atoms with van der Waals surface area (Å²) in [5.41, 5.74) is 3.57. The number of aliphatic hydroxyl groups is 1. The minimum Gasteiger partial charge on any atom is -0.508 e. The summed E-state index contributed by atoms with van der Waals surface area (Å²) in [6.07, 6.45) is 3.82. The van der Waals surface area contributed by atoms with Crippen LogP contribution in [0.1, 0.15) is 36.1 Å². The van der Waals surface area contributed by atoms with Crippen molar-refractivity contribution in [1.29, 1.82) is 0 Å². The molecular weight excluding hydrogens is 332 g/mol. The average molecular weight is 356 g/mol. The van der Waals surface area contributed by atoms with Crippen molar-refractivity contribution < 1.29 is 24.8 Å². The quantitative estimate of drug-likeness (QED) is 0.713. The molecule has 5 nitrogen and oxygen atoms in total. The van der Waals surface area contributed by atoms with Crippen molar-refractivity contribution in [3.63, 3.8) is 0 Å². The van der Waals surface area contributed by atoms with E-state index in [9.17, 15) is 15.3 Å². The molecule has 2 aromatic carbocycles. The summed E-state index contributed by atoms with van der Waals surface area (Å²) in [6.45, 7) is 1.89. The zero-order valence-corrected chi connectivity index (χ0v) is 15.0. The van der Waals surface area contributed by atoms with Crippen molar-refractivity contribution in [3.8, 4) is 23.0 Å². The van der Waals surface area contributed by atoms with Gasteiger partial charge in [-0.1, -0.05) is 17.7 Å². The van der Waals surface area contributed by atoms with Crippen LogP contribution in [0, 0.1) is 0 Å². The van der Waals surface area contributed by atoms with E-state index in [0.29, 0.717) is 12.0 Å². The molecule has 0 fully saturated rings. The molecule has 0 spiro atoms. The summed E-state index contributed by atoms with van der Waals surface area (Å²) in [7, 11) is 1.62. The molecule has 1 aliphatic rings. The van der Waals surface area contributed by atoms with Crippen LogP contribution in [0.25, 0.3) is 0 Å². The second-order valence-corrected chi connectivity index (χ2v) is 6.54. The topological polar surface area (TPSA) is 79.2 Å². The van der Waals surface area contributed by atoms with Crippen LogP contribution in [0.5, 0.6) is 23.0 Å². The third kappa shape index (κ3) is 3.63. The summed E-state index contributed by atoms with van der Waals surface area (Å²) in [5, 5.41) is 28.9. The molecule has 0 aromatic heterocycles. The first kappa shape index (κ1) is 18.1. The maximum Gasteiger partial charge on any atom is 0.130 e. The van der Waals surface area contributed by atoms with Gasteiger partial charge in [-0.05, 0) is 49.9 Å². The van der Waals surface area contributed by atoms with E-state index >= 15 is 0 Å². The fourth-order valence-corrected chi connectivity index (χ4v) is 3.24. The molecule has 0 unspecified atom stereocenters. The first-order chi connectivity index (χ1) is 12.5. The molecule has 3 N–H and O–H groups in total. The Kier molecular flexibility index (Phi) is 5.38. The molecule has 0 aliphatic carbocycles. The fraction of sp³-hybridized carbons (Fsp3) is 0.333. The Bertz CT molecular complexity index is 825. The highest BCUT2D eigenvalue weighted by Gasteiger charge is 2.27. The van der Waals surface area contributed by atoms with Crippen LogP contribution in [-0.4, -0.2) is 29.0 Å². The van der Waals surface area contributed by atoms with E-state index in [0.717, 1.165) is 41.0 Å². The van der Waals surface area contributed by atoms with Crippen molar-refractivity contribution in [2.75, 3.05) is 13.7 Å². The zero-order valence-electron chi connectivity index (χ0n) is 15.0. The van der Waals surface area contributed by atoms with E-state index in [1.54, 1.807) is 19.2 Å². The second kappa shape index (κ2) is 7.70. The van der Waals surface area contributed by atoms with Gasteiger partial charge in [-0.15, -0.1) is 0 Å². The maximum absolute atomic E-state index is 10.2. The Hall–Kier alpha value is -2.66. The van der Waals surface area contributed by atoms with Crippen LogP contribution in [0.2, 0.25) is 0 Å². The minimum absolute atomic E-state index is 0.0161. The lowest BCUT2D eigenvalue weighted by Gasteiger charge is -2.29. The zero-order chi connectivity index (χ0) is 18.7. The van der Waals surface area contributed by atoms with Crippen LogP contribution in [0.4, 0.5) is 0 Å². The molecule has 0 radical (unpaired) electrons. The van der Waals surface area contributed by atoms with Gasteiger partial charge in [0.1, 0.15) is 29.1 Å². The van der Waals surface area contributed by atoms with Gasteiger partial charge in [0.15, 0.2) is 0 Å².